The van der Waals surface area contributed by atoms with Crippen molar-refractivity contribution in [3.63, 3.8) is 0 Å². The molecular formula is C23H35N5O3. The quantitative estimate of drug-likeness (QED) is 0.355. The number of hydrogen-bond acceptors (Lipinski definition) is 5. The van der Waals surface area contributed by atoms with E-state index in [0.29, 0.717) is 33.0 Å². The van der Waals surface area contributed by atoms with Gasteiger partial charge in [-0.3, -0.25) is 4.68 Å². The molecule has 0 spiro atoms. The molecule has 1 fully saturated rings. The molecule has 1 aromatic heterocycles. The maximum absolute atomic E-state index is 5.98. The van der Waals surface area contributed by atoms with Crippen molar-refractivity contribution >= 4 is 5.96 Å². The molecule has 2 heterocycles. The number of morpholine rings is 1. The Labute approximate surface area is 185 Å². The standard InChI is InChI=1S/C23H35N5O3/c1-4-24-23(28-9-10-31-22(17-28)21-15-26-27(3)16-21)25-14-19-7-6-8-20(13-19)18-30-12-11-29-5-2/h6-8,13,15-16,22H,4-5,9-12,14,17-18H2,1-3H3,(H,24,25). The van der Waals surface area contributed by atoms with Gasteiger partial charge in [-0.25, -0.2) is 4.99 Å². The van der Waals surface area contributed by atoms with Gasteiger partial charge in [0.25, 0.3) is 0 Å². The predicted molar refractivity (Wildman–Crippen MR) is 121 cm³/mol. The Morgan fingerprint density at radius 3 is 2.87 bits per heavy atom. The zero-order valence-corrected chi connectivity index (χ0v) is 18.9. The summed E-state index contributed by atoms with van der Waals surface area (Å²) in [6, 6.07) is 8.41. The summed E-state index contributed by atoms with van der Waals surface area (Å²) < 4.78 is 18.8. The van der Waals surface area contributed by atoms with Crippen LogP contribution in [0, 0.1) is 0 Å². The van der Waals surface area contributed by atoms with Crippen LogP contribution in [0.4, 0.5) is 0 Å². The van der Waals surface area contributed by atoms with Gasteiger partial charge in [-0.05, 0) is 25.0 Å². The number of nitrogens with zero attached hydrogens (tertiary/aromatic N) is 4. The van der Waals surface area contributed by atoms with Crippen molar-refractivity contribution in [1.29, 1.82) is 0 Å². The van der Waals surface area contributed by atoms with Crippen LogP contribution in [-0.2, 0) is 34.4 Å². The van der Waals surface area contributed by atoms with Gasteiger partial charge in [0.2, 0.25) is 0 Å². The second-order valence-electron chi connectivity index (χ2n) is 7.49. The average molecular weight is 430 g/mol. The zero-order valence-electron chi connectivity index (χ0n) is 18.9. The summed E-state index contributed by atoms with van der Waals surface area (Å²) in [7, 11) is 1.92. The molecule has 1 atom stereocenters. The Morgan fingerprint density at radius 1 is 1.26 bits per heavy atom. The minimum atomic E-state index is 0.00321. The molecule has 31 heavy (non-hydrogen) atoms. The molecule has 170 valence electrons. The third kappa shape index (κ3) is 7.34. The Balaban J connectivity index is 1.59. The number of rotatable bonds is 10. The lowest BCUT2D eigenvalue weighted by atomic mass is 10.1. The maximum Gasteiger partial charge on any atom is 0.194 e. The van der Waals surface area contributed by atoms with Crippen LogP contribution in [0.15, 0.2) is 41.7 Å². The Bertz CT molecular complexity index is 823. The van der Waals surface area contributed by atoms with Gasteiger partial charge in [-0.2, -0.15) is 5.10 Å². The Kier molecular flexibility index (Phi) is 9.33. The average Bonchev–Trinajstić information content (AvgIpc) is 3.23. The first kappa shape index (κ1) is 23.2. The highest BCUT2D eigenvalue weighted by atomic mass is 16.5. The number of aliphatic imine (C=N–C) groups is 1. The normalized spacial score (nSPS) is 17.2. The van der Waals surface area contributed by atoms with Crippen molar-refractivity contribution in [2.24, 2.45) is 12.0 Å². The molecule has 0 bridgehead atoms. The van der Waals surface area contributed by atoms with E-state index in [1.807, 2.05) is 31.0 Å². The van der Waals surface area contributed by atoms with Crippen molar-refractivity contribution in [3.05, 3.63) is 53.3 Å². The molecule has 1 N–H and O–H groups in total. The van der Waals surface area contributed by atoms with Crippen LogP contribution in [0.5, 0.6) is 0 Å². The molecule has 1 unspecified atom stereocenters. The van der Waals surface area contributed by atoms with Gasteiger partial charge >= 0.3 is 0 Å². The second-order valence-corrected chi connectivity index (χ2v) is 7.49. The lowest BCUT2D eigenvalue weighted by Gasteiger charge is -2.34. The zero-order chi connectivity index (χ0) is 21.9. The SMILES string of the molecule is CCNC(=NCc1cccc(COCCOCC)c1)N1CCOC(c2cnn(C)c2)C1. The van der Waals surface area contributed by atoms with Gasteiger partial charge in [0, 0.05) is 38.5 Å². The van der Waals surface area contributed by atoms with Crippen molar-refractivity contribution in [3.8, 4) is 0 Å². The van der Waals surface area contributed by atoms with E-state index in [4.69, 9.17) is 19.2 Å². The Hall–Kier alpha value is -2.42. The number of guanidine groups is 1. The molecular weight excluding hydrogens is 394 g/mol. The summed E-state index contributed by atoms with van der Waals surface area (Å²) in [6.07, 6.45) is 3.89. The molecule has 1 aliphatic rings. The van der Waals surface area contributed by atoms with Gasteiger partial charge < -0.3 is 24.4 Å². The van der Waals surface area contributed by atoms with Crippen LogP contribution < -0.4 is 5.32 Å². The van der Waals surface area contributed by atoms with E-state index in [2.05, 4.69) is 46.5 Å². The highest BCUT2D eigenvalue weighted by Gasteiger charge is 2.25. The Morgan fingerprint density at radius 2 is 2.10 bits per heavy atom. The topological polar surface area (TPSA) is 73.1 Å². The summed E-state index contributed by atoms with van der Waals surface area (Å²) >= 11 is 0. The second kappa shape index (κ2) is 12.4. The highest BCUT2D eigenvalue weighted by molar-refractivity contribution is 5.80. The number of hydrogen-bond donors (Lipinski definition) is 1. The molecule has 8 heteroatoms. The van der Waals surface area contributed by atoms with Crippen LogP contribution in [0.2, 0.25) is 0 Å². The van der Waals surface area contributed by atoms with Crippen LogP contribution in [0.3, 0.4) is 0 Å². The molecule has 0 radical (unpaired) electrons. The fraction of sp³-hybridized carbons (Fsp3) is 0.565. The lowest BCUT2D eigenvalue weighted by molar-refractivity contribution is -0.00805. The molecule has 1 aliphatic heterocycles. The van der Waals surface area contributed by atoms with Gasteiger partial charge in [0.05, 0.1) is 45.7 Å². The molecule has 1 saturated heterocycles. The monoisotopic (exact) mass is 429 g/mol. The number of benzene rings is 1. The number of aromatic nitrogens is 2. The van der Waals surface area contributed by atoms with E-state index in [1.54, 1.807) is 0 Å². The summed E-state index contributed by atoms with van der Waals surface area (Å²) in [6.45, 7) is 10.3. The van der Waals surface area contributed by atoms with E-state index < -0.39 is 0 Å². The molecule has 3 rings (SSSR count). The first-order valence-corrected chi connectivity index (χ1v) is 11.1. The number of aryl methyl sites for hydroxylation is 1. The smallest absolute Gasteiger partial charge is 0.194 e. The van der Waals surface area contributed by atoms with Gasteiger partial charge in [-0.1, -0.05) is 24.3 Å². The van der Waals surface area contributed by atoms with Crippen LogP contribution in [0.25, 0.3) is 0 Å². The first-order valence-electron chi connectivity index (χ1n) is 11.1. The van der Waals surface area contributed by atoms with E-state index in [-0.39, 0.29) is 6.10 Å². The largest absolute Gasteiger partial charge is 0.379 e. The fourth-order valence-corrected chi connectivity index (χ4v) is 3.51. The summed E-state index contributed by atoms with van der Waals surface area (Å²) in [4.78, 5) is 7.17. The van der Waals surface area contributed by atoms with Crippen molar-refractivity contribution < 1.29 is 14.2 Å². The number of nitrogens with one attached hydrogen (secondary N) is 1. The minimum Gasteiger partial charge on any atom is -0.379 e. The van der Waals surface area contributed by atoms with Crippen LogP contribution in [-0.4, -0.2) is 66.7 Å². The van der Waals surface area contributed by atoms with E-state index >= 15 is 0 Å². The summed E-state index contributed by atoms with van der Waals surface area (Å²) in [5, 5.41) is 7.70. The van der Waals surface area contributed by atoms with E-state index in [1.165, 1.54) is 5.56 Å². The molecule has 8 nitrogen and oxygen atoms in total. The van der Waals surface area contributed by atoms with Crippen LogP contribution in [0.1, 0.15) is 36.6 Å². The van der Waals surface area contributed by atoms with Crippen molar-refractivity contribution in [2.45, 2.75) is 33.1 Å². The summed E-state index contributed by atoms with van der Waals surface area (Å²) in [5.41, 5.74) is 3.41. The van der Waals surface area contributed by atoms with E-state index in [0.717, 1.165) is 43.3 Å². The number of ether oxygens (including phenoxy) is 3. The molecule has 2 aromatic rings. The van der Waals surface area contributed by atoms with Crippen LogP contribution >= 0.6 is 0 Å². The van der Waals surface area contributed by atoms with Gasteiger partial charge in [0.1, 0.15) is 6.10 Å². The molecule has 1 aromatic carbocycles. The van der Waals surface area contributed by atoms with Gasteiger partial charge in [-0.15, -0.1) is 0 Å². The molecule has 0 saturated carbocycles. The van der Waals surface area contributed by atoms with E-state index in [9.17, 15) is 0 Å². The van der Waals surface area contributed by atoms with Gasteiger partial charge in [0.15, 0.2) is 5.96 Å². The summed E-state index contributed by atoms with van der Waals surface area (Å²) in [5.74, 6) is 0.915. The molecule has 0 amide bonds. The maximum atomic E-state index is 5.98. The highest BCUT2D eigenvalue weighted by Crippen LogP contribution is 2.21. The predicted octanol–water partition coefficient (Wildman–Crippen LogP) is 2.51. The van der Waals surface area contributed by atoms with Crippen molar-refractivity contribution in [2.75, 3.05) is 46.1 Å². The fourth-order valence-electron chi connectivity index (χ4n) is 3.51. The third-order valence-corrected chi connectivity index (χ3v) is 5.05. The third-order valence-electron chi connectivity index (χ3n) is 5.05. The lowest BCUT2D eigenvalue weighted by Crippen LogP contribution is -2.48. The molecule has 0 aliphatic carbocycles. The van der Waals surface area contributed by atoms with Crippen molar-refractivity contribution in [1.82, 2.24) is 20.0 Å². The first-order chi connectivity index (χ1) is 15.2. The minimum absolute atomic E-state index is 0.00321.